The Morgan fingerprint density at radius 2 is 1.46 bits per heavy atom. The molecule has 0 unspecified atom stereocenters. The molecule has 28 heavy (non-hydrogen) atoms. The van der Waals surface area contributed by atoms with E-state index in [0.29, 0.717) is 16.6 Å². The van der Waals surface area contributed by atoms with Crippen molar-refractivity contribution < 1.29 is 33.3 Å². The second-order valence-corrected chi connectivity index (χ2v) is 14.3. The van der Waals surface area contributed by atoms with Gasteiger partial charge in [-0.2, -0.15) is 0 Å². The number of ketones is 1. The van der Waals surface area contributed by atoms with Gasteiger partial charge in [-0.1, -0.05) is 41.5 Å². The monoisotopic (exact) mass is 420 g/mol. The molecule has 3 atom stereocenters. The Labute approximate surface area is 171 Å². The first-order valence-electron chi connectivity index (χ1n) is 10.1. The van der Waals surface area contributed by atoms with Crippen LogP contribution in [0.25, 0.3) is 0 Å². The number of rotatable bonds is 10. The molecule has 1 saturated heterocycles. The molecule has 8 heteroatoms. The average molecular weight is 421 g/mol. The van der Waals surface area contributed by atoms with Crippen molar-refractivity contribution in [1.29, 1.82) is 0 Å². The van der Waals surface area contributed by atoms with Crippen LogP contribution in [0.1, 0.15) is 55.4 Å². The maximum absolute atomic E-state index is 13.0. The summed E-state index contributed by atoms with van der Waals surface area (Å²) in [4.78, 5) is 13.0. The van der Waals surface area contributed by atoms with Crippen molar-refractivity contribution in [3.8, 4) is 0 Å². The van der Waals surface area contributed by atoms with E-state index in [9.17, 15) is 9.90 Å². The maximum atomic E-state index is 13.0. The number of aliphatic hydroxyl groups is 1. The third kappa shape index (κ3) is 5.22. The molecule has 0 saturated carbocycles. The van der Waals surface area contributed by atoms with Crippen molar-refractivity contribution in [3.63, 3.8) is 0 Å². The molecule has 0 aromatic rings. The van der Waals surface area contributed by atoms with E-state index in [0.717, 1.165) is 0 Å². The summed E-state index contributed by atoms with van der Waals surface area (Å²) in [5, 5.41) is 9.65. The summed E-state index contributed by atoms with van der Waals surface area (Å²) in [6.07, 6.45) is -3.49. The number of hydrogen-bond donors (Lipinski definition) is 1. The zero-order chi connectivity index (χ0) is 21.9. The van der Waals surface area contributed by atoms with Crippen LogP contribution >= 0.6 is 0 Å². The van der Waals surface area contributed by atoms with Crippen molar-refractivity contribution >= 4 is 14.1 Å². The van der Waals surface area contributed by atoms with Gasteiger partial charge in [-0.15, -0.1) is 0 Å². The Morgan fingerprint density at radius 3 is 1.82 bits per heavy atom. The number of carbonyl (C=O) groups excluding carboxylic acids is 1. The predicted octanol–water partition coefficient (Wildman–Crippen LogP) is 3.25. The highest BCUT2D eigenvalue weighted by molar-refractivity contribution is 6.77. The topological polar surface area (TPSA) is 83.5 Å². The fraction of sp³-hybridized carbons (Fsp3) is 0.950. The van der Waals surface area contributed by atoms with Crippen LogP contribution in [0, 0.1) is 0 Å². The average Bonchev–Trinajstić information content (AvgIpc) is 2.59. The number of ether oxygens (including phenoxy) is 4. The molecule has 0 aromatic carbocycles. The number of aliphatic hydroxyl groups excluding tert-OH is 1. The molecule has 0 aromatic heterocycles. The van der Waals surface area contributed by atoms with Crippen LogP contribution in [0.2, 0.25) is 16.6 Å². The van der Waals surface area contributed by atoms with Crippen LogP contribution in [-0.4, -0.2) is 70.4 Å². The summed E-state index contributed by atoms with van der Waals surface area (Å²) < 4.78 is 29.5. The minimum atomic E-state index is -2.37. The normalized spacial score (nSPS) is 24.6. The van der Waals surface area contributed by atoms with Crippen LogP contribution in [0.5, 0.6) is 0 Å². The molecule has 1 rings (SSSR count). The van der Waals surface area contributed by atoms with E-state index < -0.39 is 45.3 Å². The minimum Gasteiger partial charge on any atom is -0.405 e. The second kappa shape index (κ2) is 10.1. The summed E-state index contributed by atoms with van der Waals surface area (Å²) in [5.74, 6) is -1.40. The molecule has 0 amide bonds. The first-order chi connectivity index (χ1) is 12.9. The SMILES string of the molecule is COC(OC)[C@H](O[Si](C(C)C)(C(C)C)C(C)C)[C@@H]1OC(C)(C)O[C@H](CO)C1=O. The largest absolute Gasteiger partial charge is 0.405 e. The van der Waals surface area contributed by atoms with Crippen molar-refractivity contribution in [2.24, 2.45) is 0 Å². The van der Waals surface area contributed by atoms with Gasteiger partial charge in [0, 0.05) is 14.2 Å². The lowest BCUT2D eigenvalue weighted by Crippen LogP contribution is -2.63. The molecule has 0 aliphatic carbocycles. The molecule has 0 bridgehead atoms. The van der Waals surface area contributed by atoms with Gasteiger partial charge in [0.1, 0.15) is 12.2 Å². The molecule has 1 N–H and O–H groups in total. The van der Waals surface area contributed by atoms with Crippen LogP contribution in [0.3, 0.4) is 0 Å². The molecule has 7 nitrogen and oxygen atoms in total. The van der Waals surface area contributed by atoms with E-state index in [1.54, 1.807) is 13.8 Å². The summed E-state index contributed by atoms with van der Waals surface area (Å²) in [6.45, 7) is 16.1. The molecule has 166 valence electrons. The second-order valence-electron chi connectivity index (χ2n) is 8.87. The quantitative estimate of drug-likeness (QED) is 0.429. The van der Waals surface area contributed by atoms with Crippen molar-refractivity contribution in [2.75, 3.05) is 20.8 Å². The summed E-state index contributed by atoms with van der Waals surface area (Å²) >= 11 is 0. The lowest BCUT2D eigenvalue weighted by molar-refractivity contribution is -0.306. The van der Waals surface area contributed by atoms with Gasteiger partial charge < -0.3 is 28.5 Å². The molecule has 1 aliphatic heterocycles. The lowest BCUT2D eigenvalue weighted by atomic mass is 10.0. The van der Waals surface area contributed by atoms with Crippen molar-refractivity contribution in [1.82, 2.24) is 0 Å². The molecule has 0 spiro atoms. The van der Waals surface area contributed by atoms with Gasteiger partial charge in [-0.05, 0) is 30.5 Å². The minimum absolute atomic E-state index is 0.306. The number of Topliss-reactive ketones (excluding diaryl/α,β-unsaturated/α-hetero) is 1. The van der Waals surface area contributed by atoms with Crippen molar-refractivity contribution in [3.05, 3.63) is 0 Å². The zero-order valence-electron chi connectivity index (χ0n) is 19.1. The first kappa shape index (κ1) is 25.7. The van der Waals surface area contributed by atoms with Crippen LogP contribution in [0.4, 0.5) is 0 Å². The Kier molecular flexibility index (Phi) is 9.27. The van der Waals surface area contributed by atoms with Gasteiger partial charge in [0.15, 0.2) is 24.0 Å². The highest BCUT2D eigenvalue weighted by atomic mass is 28.4. The van der Waals surface area contributed by atoms with E-state index in [1.165, 1.54) is 14.2 Å². The number of carbonyl (C=O) groups is 1. The molecule has 1 aliphatic rings. The van der Waals surface area contributed by atoms with Gasteiger partial charge in [0.2, 0.25) is 8.32 Å². The first-order valence-corrected chi connectivity index (χ1v) is 12.3. The van der Waals surface area contributed by atoms with Crippen molar-refractivity contribution in [2.45, 2.75) is 102 Å². The Morgan fingerprint density at radius 1 is 1.00 bits per heavy atom. The molecule has 1 heterocycles. The Hall–Kier alpha value is -0.353. The third-order valence-corrected chi connectivity index (χ3v) is 11.8. The highest BCUT2D eigenvalue weighted by Crippen LogP contribution is 2.44. The number of methoxy groups -OCH3 is 2. The summed E-state index contributed by atoms with van der Waals surface area (Å²) in [7, 11) is 0.667. The zero-order valence-corrected chi connectivity index (χ0v) is 20.1. The standard InChI is InChI=1S/C20H40O7Si/c1-12(2)28(13(3)4,14(5)6)27-18(19(23-9)24-10)17-16(22)15(11-21)25-20(7,8)26-17/h12-15,17-19,21H,11H2,1-10H3/t15-,17-,18-/m1/s1. The third-order valence-electron chi connectivity index (χ3n) is 5.68. The van der Waals surface area contributed by atoms with E-state index >= 15 is 0 Å². The van der Waals surface area contributed by atoms with Crippen LogP contribution in [0.15, 0.2) is 0 Å². The van der Waals surface area contributed by atoms with E-state index in [2.05, 4.69) is 41.5 Å². The molecular formula is C20H40O7Si. The van der Waals surface area contributed by atoms with Gasteiger partial charge in [0.05, 0.1) is 6.61 Å². The predicted molar refractivity (Wildman–Crippen MR) is 110 cm³/mol. The number of hydrogen-bond acceptors (Lipinski definition) is 7. The highest BCUT2D eigenvalue weighted by Gasteiger charge is 2.54. The fourth-order valence-corrected chi connectivity index (χ4v) is 10.1. The smallest absolute Gasteiger partial charge is 0.201 e. The van der Waals surface area contributed by atoms with Gasteiger partial charge in [-0.25, -0.2) is 0 Å². The van der Waals surface area contributed by atoms with Crippen LogP contribution in [-0.2, 0) is 28.2 Å². The summed E-state index contributed by atoms with van der Waals surface area (Å²) in [5.41, 5.74) is 0.919. The van der Waals surface area contributed by atoms with Gasteiger partial charge in [0.25, 0.3) is 0 Å². The van der Waals surface area contributed by atoms with E-state index in [4.69, 9.17) is 23.4 Å². The van der Waals surface area contributed by atoms with Gasteiger partial charge in [-0.3, -0.25) is 4.79 Å². The van der Waals surface area contributed by atoms with E-state index in [-0.39, 0.29) is 5.78 Å². The molecule has 1 fully saturated rings. The van der Waals surface area contributed by atoms with Crippen LogP contribution < -0.4 is 0 Å². The summed E-state index contributed by atoms with van der Waals surface area (Å²) in [6, 6.07) is 0. The Balaban J connectivity index is 3.45. The van der Waals surface area contributed by atoms with E-state index in [1.807, 2.05) is 0 Å². The van der Waals surface area contributed by atoms with Gasteiger partial charge >= 0.3 is 0 Å². The lowest BCUT2D eigenvalue weighted by Gasteiger charge is -2.49. The molecule has 0 radical (unpaired) electrons. The Bertz CT molecular complexity index is 481. The maximum Gasteiger partial charge on any atom is 0.201 e. The fourth-order valence-electron chi connectivity index (χ4n) is 4.60. The molecular weight excluding hydrogens is 380 g/mol.